The van der Waals surface area contributed by atoms with E-state index in [4.69, 9.17) is 11.6 Å². The first-order chi connectivity index (χ1) is 11.9. The lowest BCUT2D eigenvalue weighted by atomic mass is 10.2. The Bertz CT molecular complexity index is 927. The molecule has 1 amide bonds. The average molecular weight is 359 g/mol. The van der Waals surface area contributed by atoms with Gasteiger partial charge in [-0.25, -0.2) is 4.68 Å². The molecule has 1 aromatic carbocycles. The Labute approximate surface area is 150 Å². The molecule has 0 aliphatic rings. The molecular weight excluding hydrogens is 340 g/mol. The smallest absolute Gasteiger partial charge is 0.278 e. The number of aryl methyl sites for hydroxylation is 2. The minimum atomic E-state index is -0.330. The Balaban J connectivity index is 1.85. The van der Waals surface area contributed by atoms with Gasteiger partial charge in [0, 0.05) is 24.3 Å². The first-order valence-electron chi connectivity index (χ1n) is 7.90. The van der Waals surface area contributed by atoms with Gasteiger partial charge in [0.25, 0.3) is 5.91 Å². The lowest BCUT2D eigenvalue weighted by Crippen LogP contribution is -2.16. The molecule has 0 saturated carbocycles. The molecule has 0 aliphatic carbocycles. The van der Waals surface area contributed by atoms with Crippen LogP contribution in [0.5, 0.6) is 0 Å². The zero-order valence-corrected chi connectivity index (χ0v) is 15.2. The molecule has 0 atom stereocenters. The lowest BCUT2D eigenvalue weighted by molar-refractivity contribution is 0.102. The van der Waals surface area contributed by atoms with Crippen molar-refractivity contribution in [3.05, 3.63) is 46.7 Å². The highest BCUT2D eigenvalue weighted by molar-refractivity contribution is 6.33. The SMILES string of the molecule is Cc1cc(C(=O)Nc2nc(-c3ccccc3Cl)nn2C)nn1C(C)C. The van der Waals surface area contributed by atoms with Crippen LogP contribution in [0.25, 0.3) is 11.4 Å². The third-order valence-electron chi connectivity index (χ3n) is 3.75. The first-order valence-corrected chi connectivity index (χ1v) is 8.28. The molecule has 0 saturated heterocycles. The number of benzene rings is 1. The number of nitrogens with one attached hydrogen (secondary N) is 1. The molecule has 0 aliphatic heterocycles. The van der Waals surface area contributed by atoms with Gasteiger partial charge in [-0.2, -0.15) is 10.1 Å². The number of anilines is 1. The maximum atomic E-state index is 12.5. The van der Waals surface area contributed by atoms with Gasteiger partial charge in [0.15, 0.2) is 11.5 Å². The minimum absolute atomic E-state index is 0.184. The van der Waals surface area contributed by atoms with E-state index in [1.165, 1.54) is 4.68 Å². The number of nitrogens with zero attached hydrogens (tertiary/aromatic N) is 5. The van der Waals surface area contributed by atoms with Crippen molar-refractivity contribution >= 4 is 23.5 Å². The Kier molecular flexibility index (Phi) is 4.59. The summed E-state index contributed by atoms with van der Waals surface area (Å²) in [5, 5.41) is 12.0. The van der Waals surface area contributed by atoms with Gasteiger partial charge in [0.2, 0.25) is 5.95 Å². The fourth-order valence-corrected chi connectivity index (χ4v) is 2.76. The molecule has 25 heavy (non-hydrogen) atoms. The number of halogens is 1. The van der Waals surface area contributed by atoms with Gasteiger partial charge in [-0.1, -0.05) is 23.7 Å². The summed E-state index contributed by atoms with van der Waals surface area (Å²) in [6.07, 6.45) is 0. The molecule has 3 rings (SSSR count). The molecule has 2 aromatic heterocycles. The molecule has 0 fully saturated rings. The van der Waals surface area contributed by atoms with E-state index in [-0.39, 0.29) is 11.9 Å². The second-order valence-corrected chi connectivity index (χ2v) is 6.43. The van der Waals surface area contributed by atoms with Crippen LogP contribution in [-0.2, 0) is 7.05 Å². The van der Waals surface area contributed by atoms with E-state index < -0.39 is 0 Å². The van der Waals surface area contributed by atoms with Gasteiger partial charge in [0.05, 0.1) is 5.02 Å². The van der Waals surface area contributed by atoms with Gasteiger partial charge in [-0.3, -0.25) is 14.8 Å². The highest BCUT2D eigenvalue weighted by atomic mass is 35.5. The number of hydrogen-bond donors (Lipinski definition) is 1. The van der Waals surface area contributed by atoms with Crippen LogP contribution in [0, 0.1) is 6.92 Å². The highest BCUT2D eigenvalue weighted by Crippen LogP contribution is 2.25. The van der Waals surface area contributed by atoms with Crippen molar-refractivity contribution in [1.29, 1.82) is 0 Å². The summed E-state index contributed by atoms with van der Waals surface area (Å²) in [6, 6.07) is 9.23. The molecule has 2 heterocycles. The number of aromatic nitrogens is 5. The van der Waals surface area contributed by atoms with Gasteiger partial charge in [0.1, 0.15) is 0 Å². The molecule has 130 valence electrons. The number of carbonyl (C=O) groups is 1. The van der Waals surface area contributed by atoms with Crippen molar-refractivity contribution in [1.82, 2.24) is 24.5 Å². The molecule has 0 bridgehead atoms. The fraction of sp³-hybridized carbons (Fsp3) is 0.294. The van der Waals surface area contributed by atoms with E-state index in [9.17, 15) is 4.79 Å². The van der Waals surface area contributed by atoms with Crippen LogP contribution < -0.4 is 5.32 Å². The summed E-state index contributed by atoms with van der Waals surface area (Å²) in [7, 11) is 1.71. The van der Waals surface area contributed by atoms with Gasteiger partial charge >= 0.3 is 0 Å². The van der Waals surface area contributed by atoms with Crippen molar-refractivity contribution in [3.8, 4) is 11.4 Å². The van der Waals surface area contributed by atoms with Gasteiger partial charge in [-0.05, 0) is 39.0 Å². The van der Waals surface area contributed by atoms with E-state index in [0.29, 0.717) is 28.1 Å². The van der Waals surface area contributed by atoms with Crippen LogP contribution in [0.2, 0.25) is 5.02 Å². The monoisotopic (exact) mass is 358 g/mol. The van der Waals surface area contributed by atoms with E-state index in [1.807, 2.05) is 39.0 Å². The van der Waals surface area contributed by atoms with Crippen LogP contribution in [0.1, 0.15) is 36.1 Å². The molecule has 0 radical (unpaired) electrons. The van der Waals surface area contributed by atoms with Gasteiger partial charge < -0.3 is 0 Å². The molecule has 1 N–H and O–H groups in total. The lowest BCUT2D eigenvalue weighted by Gasteiger charge is -2.06. The van der Waals surface area contributed by atoms with Crippen molar-refractivity contribution in [3.63, 3.8) is 0 Å². The Hall–Kier alpha value is -2.67. The minimum Gasteiger partial charge on any atom is -0.289 e. The van der Waals surface area contributed by atoms with Gasteiger partial charge in [-0.15, -0.1) is 5.10 Å². The van der Waals surface area contributed by atoms with E-state index in [0.717, 1.165) is 5.69 Å². The summed E-state index contributed by atoms with van der Waals surface area (Å²) in [4.78, 5) is 16.8. The Morgan fingerprint density at radius 2 is 1.96 bits per heavy atom. The fourth-order valence-electron chi connectivity index (χ4n) is 2.54. The zero-order valence-electron chi connectivity index (χ0n) is 14.5. The molecule has 8 heteroatoms. The summed E-state index contributed by atoms with van der Waals surface area (Å²) >= 11 is 6.18. The summed E-state index contributed by atoms with van der Waals surface area (Å²) in [5.74, 6) is 0.452. The van der Waals surface area contributed by atoms with Crippen LogP contribution in [0.15, 0.2) is 30.3 Å². The third kappa shape index (κ3) is 3.41. The maximum Gasteiger partial charge on any atom is 0.278 e. The van der Waals surface area contributed by atoms with Crippen LogP contribution in [-0.4, -0.2) is 30.5 Å². The first kappa shape index (κ1) is 17.2. The van der Waals surface area contributed by atoms with E-state index in [2.05, 4.69) is 20.5 Å². The molecular formula is C17H19ClN6O. The third-order valence-corrected chi connectivity index (χ3v) is 4.08. The number of amides is 1. The molecule has 0 spiro atoms. The number of hydrogen-bond acceptors (Lipinski definition) is 4. The van der Waals surface area contributed by atoms with Crippen molar-refractivity contribution in [2.75, 3.05) is 5.32 Å². The van der Waals surface area contributed by atoms with Crippen molar-refractivity contribution in [2.45, 2.75) is 26.8 Å². The van der Waals surface area contributed by atoms with Crippen molar-refractivity contribution < 1.29 is 4.79 Å². The van der Waals surface area contributed by atoms with Crippen LogP contribution >= 0.6 is 11.6 Å². The maximum absolute atomic E-state index is 12.5. The predicted octanol–water partition coefficient (Wildman–Crippen LogP) is 3.47. The second kappa shape index (κ2) is 6.68. The zero-order chi connectivity index (χ0) is 18.1. The molecule has 0 unspecified atom stereocenters. The number of carbonyl (C=O) groups excluding carboxylic acids is 1. The standard InChI is InChI=1S/C17H19ClN6O/c1-10(2)24-11(3)9-14(21-24)16(25)20-17-19-15(22-23(17)4)12-7-5-6-8-13(12)18/h5-10H,1-4H3,(H,19,20,22,25). The summed E-state index contributed by atoms with van der Waals surface area (Å²) in [6.45, 7) is 5.95. The quantitative estimate of drug-likeness (QED) is 0.774. The largest absolute Gasteiger partial charge is 0.289 e. The average Bonchev–Trinajstić information content (AvgIpc) is 3.11. The van der Waals surface area contributed by atoms with E-state index in [1.54, 1.807) is 23.9 Å². The predicted molar refractivity (Wildman–Crippen MR) is 96.8 cm³/mol. The van der Waals surface area contributed by atoms with Crippen LogP contribution in [0.3, 0.4) is 0 Å². The molecule has 3 aromatic rings. The Morgan fingerprint density at radius 3 is 2.60 bits per heavy atom. The molecule has 7 nitrogen and oxygen atoms in total. The van der Waals surface area contributed by atoms with Crippen molar-refractivity contribution in [2.24, 2.45) is 7.05 Å². The Morgan fingerprint density at radius 1 is 1.24 bits per heavy atom. The normalized spacial score (nSPS) is 11.1. The summed E-state index contributed by atoms with van der Waals surface area (Å²) in [5.41, 5.74) is 1.98. The topological polar surface area (TPSA) is 77.6 Å². The summed E-state index contributed by atoms with van der Waals surface area (Å²) < 4.78 is 3.31. The number of rotatable bonds is 4. The van der Waals surface area contributed by atoms with E-state index >= 15 is 0 Å². The van der Waals surface area contributed by atoms with Crippen LogP contribution in [0.4, 0.5) is 5.95 Å². The highest BCUT2D eigenvalue weighted by Gasteiger charge is 2.18. The second-order valence-electron chi connectivity index (χ2n) is 6.03.